The van der Waals surface area contributed by atoms with Gasteiger partial charge in [0.15, 0.2) is 0 Å². The van der Waals surface area contributed by atoms with Gasteiger partial charge in [-0.1, -0.05) is 0 Å². The summed E-state index contributed by atoms with van der Waals surface area (Å²) in [5.41, 5.74) is 0. The first-order valence-corrected chi connectivity index (χ1v) is 6.13. The molecule has 5 heteroatoms. The molecule has 1 heterocycles. The molecule has 0 spiro atoms. The van der Waals surface area contributed by atoms with Crippen molar-refractivity contribution in [2.45, 2.75) is 25.7 Å². The smallest absolute Gasteiger partial charge is 0.303 e. The highest BCUT2D eigenvalue weighted by molar-refractivity contribution is 5.78. The molecule has 0 atom stereocenters. The molecule has 1 aliphatic heterocycles. The number of hydrogen-bond acceptors (Lipinski definition) is 3. The van der Waals surface area contributed by atoms with Gasteiger partial charge in [-0.05, 0) is 39.3 Å². The van der Waals surface area contributed by atoms with Gasteiger partial charge < -0.3 is 14.9 Å². The number of amides is 1. The van der Waals surface area contributed by atoms with Crippen molar-refractivity contribution in [3.8, 4) is 0 Å². The van der Waals surface area contributed by atoms with Crippen LogP contribution in [-0.2, 0) is 9.59 Å². The number of carbonyl (C=O) groups is 2. The van der Waals surface area contributed by atoms with Crippen molar-refractivity contribution in [2.24, 2.45) is 5.92 Å². The van der Waals surface area contributed by atoms with Crippen LogP contribution in [-0.4, -0.2) is 60.5 Å². The zero-order chi connectivity index (χ0) is 12.8. The lowest BCUT2D eigenvalue weighted by molar-refractivity contribution is -0.138. The van der Waals surface area contributed by atoms with E-state index in [1.54, 1.807) is 0 Å². The van der Waals surface area contributed by atoms with Crippen LogP contribution in [0.2, 0.25) is 0 Å². The molecule has 0 bridgehead atoms. The first-order valence-electron chi connectivity index (χ1n) is 6.13. The highest BCUT2D eigenvalue weighted by Crippen LogP contribution is 2.21. The van der Waals surface area contributed by atoms with Crippen LogP contribution in [0.5, 0.6) is 0 Å². The van der Waals surface area contributed by atoms with Crippen molar-refractivity contribution in [3.05, 3.63) is 0 Å². The summed E-state index contributed by atoms with van der Waals surface area (Å²) in [7, 11) is 3.77. The number of carboxylic acid groups (broad SMARTS) is 1. The number of hydrogen-bond donors (Lipinski definition) is 1. The Morgan fingerprint density at radius 3 is 2.35 bits per heavy atom. The molecule has 17 heavy (non-hydrogen) atoms. The van der Waals surface area contributed by atoms with Crippen LogP contribution < -0.4 is 0 Å². The molecule has 0 aromatic rings. The Hall–Kier alpha value is -1.10. The van der Waals surface area contributed by atoms with E-state index in [-0.39, 0.29) is 12.3 Å². The standard InChI is InChI=1S/C12H22N2O3/c1-13(2)9-11(15)14-7-5-10(6-8-14)3-4-12(16)17/h10H,3-9H2,1-2H3,(H,16,17). The molecule has 1 aliphatic rings. The molecule has 1 fully saturated rings. The fourth-order valence-corrected chi connectivity index (χ4v) is 2.17. The first-order chi connectivity index (χ1) is 7.99. The van der Waals surface area contributed by atoms with Crippen molar-refractivity contribution >= 4 is 11.9 Å². The van der Waals surface area contributed by atoms with Gasteiger partial charge in [-0.3, -0.25) is 9.59 Å². The second-order valence-electron chi connectivity index (χ2n) is 4.99. The monoisotopic (exact) mass is 242 g/mol. The molecular formula is C12H22N2O3. The van der Waals surface area contributed by atoms with Crippen molar-refractivity contribution in [1.82, 2.24) is 9.80 Å². The quantitative estimate of drug-likeness (QED) is 0.769. The summed E-state index contributed by atoms with van der Waals surface area (Å²) < 4.78 is 0. The zero-order valence-corrected chi connectivity index (χ0v) is 10.7. The Bertz CT molecular complexity index is 271. The molecule has 1 saturated heterocycles. The topological polar surface area (TPSA) is 60.9 Å². The lowest BCUT2D eigenvalue weighted by Crippen LogP contribution is -2.42. The van der Waals surface area contributed by atoms with E-state index < -0.39 is 5.97 Å². The van der Waals surface area contributed by atoms with E-state index in [0.717, 1.165) is 32.4 Å². The molecule has 5 nitrogen and oxygen atoms in total. The van der Waals surface area contributed by atoms with E-state index >= 15 is 0 Å². The van der Waals surface area contributed by atoms with Gasteiger partial charge in [-0.2, -0.15) is 0 Å². The fraction of sp³-hybridized carbons (Fsp3) is 0.833. The van der Waals surface area contributed by atoms with Gasteiger partial charge in [-0.25, -0.2) is 0 Å². The third-order valence-corrected chi connectivity index (χ3v) is 3.19. The minimum absolute atomic E-state index is 0.173. The van der Waals surface area contributed by atoms with Gasteiger partial charge >= 0.3 is 5.97 Å². The van der Waals surface area contributed by atoms with Crippen LogP contribution in [0.25, 0.3) is 0 Å². The third kappa shape index (κ3) is 5.17. The number of piperidine rings is 1. The van der Waals surface area contributed by atoms with Crippen LogP contribution >= 0.6 is 0 Å². The largest absolute Gasteiger partial charge is 0.481 e. The number of rotatable bonds is 5. The highest BCUT2D eigenvalue weighted by Gasteiger charge is 2.23. The van der Waals surface area contributed by atoms with Gasteiger partial charge in [0.05, 0.1) is 6.54 Å². The van der Waals surface area contributed by atoms with E-state index in [2.05, 4.69) is 0 Å². The van der Waals surface area contributed by atoms with E-state index in [1.807, 2.05) is 23.9 Å². The van der Waals surface area contributed by atoms with E-state index in [1.165, 1.54) is 0 Å². The number of likely N-dealkylation sites (tertiary alicyclic amines) is 1. The lowest BCUT2D eigenvalue weighted by Gasteiger charge is -2.32. The molecule has 98 valence electrons. The summed E-state index contributed by atoms with van der Waals surface area (Å²) in [6.07, 6.45) is 2.86. The predicted octanol–water partition coefficient (Wildman–Crippen LogP) is 0.651. The van der Waals surface area contributed by atoms with Crippen LogP contribution in [0.3, 0.4) is 0 Å². The summed E-state index contributed by atoms with van der Waals surface area (Å²) in [6.45, 7) is 2.01. The molecule has 0 aromatic carbocycles. The summed E-state index contributed by atoms with van der Waals surface area (Å²) >= 11 is 0. The molecule has 1 amide bonds. The Morgan fingerprint density at radius 2 is 1.88 bits per heavy atom. The van der Waals surface area contributed by atoms with Gasteiger partial charge in [0.25, 0.3) is 0 Å². The minimum Gasteiger partial charge on any atom is -0.481 e. The van der Waals surface area contributed by atoms with Crippen molar-refractivity contribution in [1.29, 1.82) is 0 Å². The minimum atomic E-state index is -0.726. The molecule has 0 unspecified atom stereocenters. The average molecular weight is 242 g/mol. The van der Waals surface area contributed by atoms with E-state index in [0.29, 0.717) is 12.5 Å². The number of likely N-dealkylation sites (N-methyl/N-ethyl adjacent to an activating group) is 1. The normalized spacial score (nSPS) is 17.5. The summed E-state index contributed by atoms with van der Waals surface area (Å²) in [5.74, 6) is -0.0858. The van der Waals surface area contributed by atoms with Crippen molar-refractivity contribution in [2.75, 3.05) is 33.7 Å². The molecule has 0 aromatic heterocycles. The Morgan fingerprint density at radius 1 is 1.29 bits per heavy atom. The van der Waals surface area contributed by atoms with E-state index in [4.69, 9.17) is 5.11 Å². The summed E-state index contributed by atoms with van der Waals surface area (Å²) in [4.78, 5) is 26.0. The molecule has 0 radical (unpaired) electrons. The van der Waals surface area contributed by atoms with Crippen LogP contribution in [0, 0.1) is 5.92 Å². The third-order valence-electron chi connectivity index (χ3n) is 3.19. The van der Waals surface area contributed by atoms with Crippen molar-refractivity contribution < 1.29 is 14.7 Å². The predicted molar refractivity (Wildman–Crippen MR) is 64.7 cm³/mol. The van der Waals surface area contributed by atoms with Gasteiger partial charge in [0.2, 0.25) is 5.91 Å². The number of nitrogens with zero attached hydrogens (tertiary/aromatic N) is 2. The average Bonchev–Trinajstić information content (AvgIpc) is 2.26. The Kier molecular flexibility index (Phi) is 5.41. The second-order valence-corrected chi connectivity index (χ2v) is 4.99. The van der Waals surface area contributed by atoms with Gasteiger partial charge in [-0.15, -0.1) is 0 Å². The summed E-state index contributed by atoms with van der Waals surface area (Å²) in [5, 5.41) is 8.61. The maximum atomic E-state index is 11.8. The Balaban J connectivity index is 2.25. The summed E-state index contributed by atoms with van der Waals surface area (Å²) in [6, 6.07) is 0. The lowest BCUT2D eigenvalue weighted by atomic mass is 9.92. The van der Waals surface area contributed by atoms with Gasteiger partial charge in [0, 0.05) is 19.5 Å². The Labute approximate surface area is 102 Å². The SMILES string of the molecule is CN(C)CC(=O)N1CCC(CCC(=O)O)CC1. The van der Waals surface area contributed by atoms with E-state index in [9.17, 15) is 9.59 Å². The fourth-order valence-electron chi connectivity index (χ4n) is 2.17. The maximum Gasteiger partial charge on any atom is 0.303 e. The molecule has 0 saturated carbocycles. The highest BCUT2D eigenvalue weighted by atomic mass is 16.4. The first kappa shape index (κ1) is 14.0. The van der Waals surface area contributed by atoms with Crippen molar-refractivity contribution in [3.63, 3.8) is 0 Å². The second kappa shape index (κ2) is 6.59. The molecule has 1 rings (SSSR count). The zero-order valence-electron chi connectivity index (χ0n) is 10.7. The van der Waals surface area contributed by atoms with Crippen LogP contribution in [0.1, 0.15) is 25.7 Å². The molecule has 1 N–H and O–H groups in total. The van der Waals surface area contributed by atoms with Crippen LogP contribution in [0.15, 0.2) is 0 Å². The molecular weight excluding hydrogens is 220 g/mol. The number of carboxylic acids is 1. The molecule has 0 aliphatic carbocycles. The van der Waals surface area contributed by atoms with Gasteiger partial charge in [0.1, 0.15) is 0 Å². The number of carbonyl (C=O) groups excluding carboxylic acids is 1. The number of aliphatic carboxylic acids is 1. The van der Waals surface area contributed by atoms with Crippen LogP contribution in [0.4, 0.5) is 0 Å². The maximum absolute atomic E-state index is 11.8.